The van der Waals surface area contributed by atoms with Gasteiger partial charge in [0, 0.05) is 12.6 Å². The lowest BCUT2D eigenvalue weighted by Crippen LogP contribution is -2.33. The molecule has 0 aromatic heterocycles. The number of likely N-dealkylation sites (N-methyl/N-ethyl adjacent to an activating group) is 1. The Bertz CT molecular complexity index is 344. The van der Waals surface area contributed by atoms with Crippen molar-refractivity contribution in [1.82, 2.24) is 5.32 Å². The fourth-order valence-electron chi connectivity index (χ4n) is 1.34. The van der Waals surface area contributed by atoms with E-state index >= 15 is 0 Å². The summed E-state index contributed by atoms with van der Waals surface area (Å²) < 4.78 is 19.5. The van der Waals surface area contributed by atoms with Gasteiger partial charge in [-0.05, 0) is 41.0 Å². The summed E-state index contributed by atoms with van der Waals surface area (Å²) >= 11 is 3.11. The normalized spacial score (nSPS) is 12.9. The van der Waals surface area contributed by atoms with E-state index in [1.807, 2.05) is 7.05 Å². The summed E-state index contributed by atoms with van der Waals surface area (Å²) in [7, 11) is 1.88. The van der Waals surface area contributed by atoms with Gasteiger partial charge in [0.05, 0.1) is 4.47 Å². The summed E-state index contributed by atoms with van der Waals surface area (Å²) in [5.74, 6) is 0.637. The zero-order chi connectivity index (χ0) is 12.1. The maximum absolute atomic E-state index is 13.3. The molecule has 0 heterocycles. The Labute approximate surface area is 104 Å². The Morgan fingerprint density at radius 3 is 2.62 bits per heavy atom. The third-order valence-corrected chi connectivity index (χ3v) is 2.97. The van der Waals surface area contributed by atoms with Crippen LogP contribution >= 0.6 is 15.9 Å². The minimum Gasteiger partial charge on any atom is -0.489 e. The lowest BCUT2D eigenvalue weighted by Gasteiger charge is -2.22. The number of hydrogen-bond acceptors (Lipinski definition) is 2. The fraction of sp³-hybridized carbons (Fsp3) is 0.500. The molecule has 2 nitrogen and oxygen atoms in total. The molecule has 4 heteroatoms. The third kappa shape index (κ3) is 3.76. The van der Waals surface area contributed by atoms with Crippen LogP contribution in [0.1, 0.15) is 13.8 Å². The molecule has 1 unspecified atom stereocenters. The molecule has 0 saturated carbocycles. The van der Waals surface area contributed by atoms with Crippen LogP contribution in [0.4, 0.5) is 4.39 Å². The Balaban J connectivity index is 2.73. The number of ether oxygens (including phenoxy) is 1. The Hall–Kier alpha value is -0.610. The molecule has 0 aliphatic rings. The average molecular weight is 290 g/mol. The van der Waals surface area contributed by atoms with Crippen LogP contribution in [0.5, 0.6) is 5.75 Å². The van der Waals surface area contributed by atoms with E-state index in [4.69, 9.17) is 4.74 Å². The van der Waals surface area contributed by atoms with Crippen molar-refractivity contribution < 1.29 is 9.13 Å². The molecule has 90 valence electrons. The van der Waals surface area contributed by atoms with Gasteiger partial charge in [-0.1, -0.05) is 13.8 Å². The summed E-state index contributed by atoms with van der Waals surface area (Å²) in [4.78, 5) is 0. The van der Waals surface area contributed by atoms with Gasteiger partial charge in [-0.25, -0.2) is 4.39 Å². The van der Waals surface area contributed by atoms with Crippen molar-refractivity contribution in [2.24, 2.45) is 5.92 Å². The minimum atomic E-state index is -0.301. The van der Waals surface area contributed by atoms with Crippen LogP contribution in [0.25, 0.3) is 0 Å². The number of nitrogens with one attached hydrogen (secondary N) is 1. The van der Waals surface area contributed by atoms with Crippen molar-refractivity contribution in [2.75, 3.05) is 13.6 Å². The van der Waals surface area contributed by atoms with Crippen molar-refractivity contribution in [1.29, 1.82) is 0 Å². The summed E-state index contributed by atoms with van der Waals surface area (Å²) in [6.07, 6.45) is 0.0468. The van der Waals surface area contributed by atoms with Crippen LogP contribution in [-0.4, -0.2) is 19.7 Å². The van der Waals surface area contributed by atoms with Crippen LogP contribution < -0.4 is 10.1 Å². The third-order valence-electron chi connectivity index (χ3n) is 2.33. The second-order valence-corrected chi connectivity index (χ2v) is 4.89. The minimum absolute atomic E-state index is 0.0468. The lowest BCUT2D eigenvalue weighted by molar-refractivity contribution is 0.151. The van der Waals surface area contributed by atoms with Gasteiger partial charge >= 0.3 is 0 Å². The maximum atomic E-state index is 13.3. The Morgan fingerprint density at radius 1 is 1.44 bits per heavy atom. The van der Waals surface area contributed by atoms with Gasteiger partial charge in [-0.3, -0.25) is 0 Å². The van der Waals surface area contributed by atoms with Crippen molar-refractivity contribution >= 4 is 15.9 Å². The standard InChI is InChI=1S/C12H17BrFNO/c1-8(2)12(7-15-3)16-9-4-5-10(13)11(14)6-9/h4-6,8,12,15H,7H2,1-3H3. The van der Waals surface area contributed by atoms with E-state index in [0.29, 0.717) is 16.1 Å². The monoisotopic (exact) mass is 289 g/mol. The summed E-state index contributed by atoms with van der Waals surface area (Å²) in [5, 5.41) is 3.07. The molecule has 1 atom stereocenters. The number of halogens is 2. The van der Waals surface area contributed by atoms with E-state index in [1.165, 1.54) is 6.07 Å². The van der Waals surface area contributed by atoms with Gasteiger partial charge in [0.25, 0.3) is 0 Å². The Kier molecular flexibility index (Phi) is 5.22. The average Bonchev–Trinajstić information content (AvgIpc) is 2.22. The number of rotatable bonds is 5. The second kappa shape index (κ2) is 6.21. The highest BCUT2D eigenvalue weighted by Crippen LogP contribution is 2.22. The predicted octanol–water partition coefficient (Wildman–Crippen LogP) is 3.21. The molecule has 0 spiro atoms. The fourth-order valence-corrected chi connectivity index (χ4v) is 1.59. The summed E-state index contributed by atoms with van der Waals surface area (Å²) in [6.45, 7) is 4.91. The van der Waals surface area contributed by atoms with E-state index in [-0.39, 0.29) is 11.9 Å². The molecule has 0 aliphatic carbocycles. The first kappa shape index (κ1) is 13.5. The highest BCUT2D eigenvalue weighted by molar-refractivity contribution is 9.10. The van der Waals surface area contributed by atoms with Crippen LogP contribution in [0, 0.1) is 11.7 Å². The molecule has 0 saturated heterocycles. The largest absolute Gasteiger partial charge is 0.489 e. The SMILES string of the molecule is CNCC(Oc1ccc(Br)c(F)c1)C(C)C. The highest BCUT2D eigenvalue weighted by Gasteiger charge is 2.14. The molecule has 1 rings (SSSR count). The maximum Gasteiger partial charge on any atom is 0.141 e. The lowest BCUT2D eigenvalue weighted by atomic mass is 10.1. The van der Waals surface area contributed by atoms with Gasteiger partial charge in [0.15, 0.2) is 0 Å². The molecule has 0 aliphatic heterocycles. The highest BCUT2D eigenvalue weighted by atomic mass is 79.9. The van der Waals surface area contributed by atoms with Gasteiger partial charge in [0.1, 0.15) is 17.7 Å². The van der Waals surface area contributed by atoms with Gasteiger partial charge < -0.3 is 10.1 Å². The first-order valence-corrected chi connectivity index (χ1v) is 6.10. The van der Waals surface area contributed by atoms with E-state index in [2.05, 4.69) is 35.1 Å². The van der Waals surface area contributed by atoms with Gasteiger partial charge in [-0.2, -0.15) is 0 Å². The van der Waals surface area contributed by atoms with E-state index < -0.39 is 0 Å². The van der Waals surface area contributed by atoms with Gasteiger partial charge in [-0.15, -0.1) is 0 Å². The first-order chi connectivity index (χ1) is 7.54. The molecule has 1 aromatic carbocycles. The van der Waals surface area contributed by atoms with Crippen LogP contribution in [0.15, 0.2) is 22.7 Å². The summed E-state index contributed by atoms with van der Waals surface area (Å²) in [5.41, 5.74) is 0. The Morgan fingerprint density at radius 2 is 2.12 bits per heavy atom. The van der Waals surface area contributed by atoms with Crippen molar-refractivity contribution in [2.45, 2.75) is 20.0 Å². The molecule has 0 radical (unpaired) electrons. The quantitative estimate of drug-likeness (QED) is 0.899. The van der Waals surface area contributed by atoms with Crippen LogP contribution in [0.2, 0.25) is 0 Å². The molecule has 0 bridgehead atoms. The first-order valence-electron chi connectivity index (χ1n) is 5.31. The molecule has 16 heavy (non-hydrogen) atoms. The van der Waals surface area contributed by atoms with Crippen molar-refractivity contribution in [3.05, 3.63) is 28.5 Å². The molecule has 1 N–H and O–H groups in total. The molecular formula is C12H17BrFNO. The predicted molar refractivity (Wildman–Crippen MR) is 67.3 cm³/mol. The molecular weight excluding hydrogens is 273 g/mol. The molecule has 0 fully saturated rings. The summed E-state index contributed by atoms with van der Waals surface area (Å²) in [6, 6.07) is 4.81. The van der Waals surface area contributed by atoms with Crippen LogP contribution in [0.3, 0.4) is 0 Å². The number of hydrogen-bond donors (Lipinski definition) is 1. The van der Waals surface area contributed by atoms with Crippen LogP contribution in [-0.2, 0) is 0 Å². The molecule has 1 aromatic rings. The van der Waals surface area contributed by atoms with Gasteiger partial charge in [0.2, 0.25) is 0 Å². The number of benzene rings is 1. The second-order valence-electron chi connectivity index (χ2n) is 4.03. The topological polar surface area (TPSA) is 21.3 Å². The van der Waals surface area contributed by atoms with Crippen molar-refractivity contribution in [3.8, 4) is 5.75 Å². The smallest absolute Gasteiger partial charge is 0.141 e. The molecule has 0 amide bonds. The zero-order valence-electron chi connectivity index (χ0n) is 9.76. The van der Waals surface area contributed by atoms with E-state index in [9.17, 15) is 4.39 Å². The van der Waals surface area contributed by atoms with E-state index in [1.54, 1.807) is 12.1 Å². The van der Waals surface area contributed by atoms with E-state index in [0.717, 1.165) is 6.54 Å². The zero-order valence-corrected chi connectivity index (χ0v) is 11.3. The van der Waals surface area contributed by atoms with Crippen molar-refractivity contribution in [3.63, 3.8) is 0 Å².